The van der Waals surface area contributed by atoms with Crippen LogP contribution in [0.1, 0.15) is 62.3 Å². The summed E-state index contributed by atoms with van der Waals surface area (Å²) in [6.45, 7) is 16.2. The summed E-state index contributed by atoms with van der Waals surface area (Å²) in [7, 11) is 0. The molecule has 0 saturated carbocycles. The zero-order valence-electron chi connectivity index (χ0n) is 22.8. The summed E-state index contributed by atoms with van der Waals surface area (Å²) in [4.78, 5) is 22.2. The second-order valence-electron chi connectivity index (χ2n) is 10.5. The van der Waals surface area contributed by atoms with E-state index in [1.165, 1.54) is 41.8 Å². The molecule has 2 fully saturated rings. The number of likely N-dealkylation sites (N-methyl/N-ethyl adjacent to an activating group) is 1. The van der Waals surface area contributed by atoms with Crippen LogP contribution in [0.15, 0.2) is 48.5 Å². The lowest BCUT2D eigenvalue weighted by atomic mass is 10.0. The smallest absolute Gasteiger partial charge is 0.223 e. The molecule has 0 bridgehead atoms. The number of likely N-dealkylation sites (tertiary alicyclic amines) is 1. The van der Waals surface area contributed by atoms with Gasteiger partial charge in [-0.2, -0.15) is 0 Å². The minimum absolute atomic E-state index is 0.251. The first-order valence-electron chi connectivity index (χ1n) is 14.2. The van der Waals surface area contributed by atoms with Crippen molar-refractivity contribution in [3.05, 3.63) is 65.2 Å². The molecule has 1 atom stereocenters. The molecule has 0 radical (unpaired) electrons. The average Bonchev–Trinajstić information content (AvgIpc) is 3.28. The number of carbonyl (C=O) groups is 1. The van der Waals surface area contributed by atoms with Crippen molar-refractivity contribution in [2.24, 2.45) is 0 Å². The molecule has 2 aliphatic heterocycles. The predicted octanol–water partition coefficient (Wildman–Crippen LogP) is 5.15. The van der Waals surface area contributed by atoms with Crippen LogP contribution in [-0.4, -0.2) is 79.5 Å². The highest BCUT2D eigenvalue weighted by molar-refractivity contribution is 5.79. The van der Waals surface area contributed by atoms with Gasteiger partial charge in [0.2, 0.25) is 5.91 Å². The van der Waals surface area contributed by atoms with E-state index in [0.29, 0.717) is 12.3 Å². The van der Waals surface area contributed by atoms with Crippen molar-refractivity contribution in [1.29, 1.82) is 0 Å². The molecule has 4 rings (SSSR count). The van der Waals surface area contributed by atoms with Crippen LogP contribution in [0.25, 0.3) is 0 Å². The number of hydrogen-bond acceptors (Lipinski definition) is 4. The van der Waals surface area contributed by atoms with Gasteiger partial charge in [-0.3, -0.25) is 9.69 Å². The molecule has 0 aliphatic carbocycles. The fourth-order valence-corrected chi connectivity index (χ4v) is 5.77. The minimum Gasteiger partial charge on any atom is -0.369 e. The van der Waals surface area contributed by atoms with Gasteiger partial charge in [0, 0.05) is 51.4 Å². The van der Waals surface area contributed by atoms with Crippen LogP contribution in [0, 0.1) is 6.92 Å². The Morgan fingerprint density at radius 1 is 0.917 bits per heavy atom. The largest absolute Gasteiger partial charge is 0.369 e. The number of piperazine rings is 1. The summed E-state index contributed by atoms with van der Waals surface area (Å²) in [5.41, 5.74) is 5.43. The third-order valence-corrected chi connectivity index (χ3v) is 8.17. The van der Waals surface area contributed by atoms with Gasteiger partial charge in [-0.1, -0.05) is 50.2 Å². The maximum atomic E-state index is 12.5. The maximum Gasteiger partial charge on any atom is 0.223 e. The van der Waals surface area contributed by atoms with E-state index in [-0.39, 0.29) is 6.04 Å². The number of benzene rings is 2. The van der Waals surface area contributed by atoms with Crippen LogP contribution in [0.3, 0.4) is 0 Å². The summed E-state index contributed by atoms with van der Waals surface area (Å²) in [6.07, 6.45) is 5.26. The van der Waals surface area contributed by atoms with Crippen LogP contribution in [0.2, 0.25) is 0 Å². The van der Waals surface area contributed by atoms with Crippen LogP contribution < -0.4 is 4.90 Å². The predicted molar refractivity (Wildman–Crippen MR) is 151 cm³/mol. The van der Waals surface area contributed by atoms with E-state index in [2.05, 4.69) is 88.9 Å². The van der Waals surface area contributed by atoms with Gasteiger partial charge in [-0.05, 0) is 81.1 Å². The van der Waals surface area contributed by atoms with Crippen molar-refractivity contribution in [3.63, 3.8) is 0 Å². The number of aryl methyl sites for hydroxylation is 2. The minimum atomic E-state index is 0.251. The lowest BCUT2D eigenvalue weighted by Gasteiger charge is -2.36. The Balaban J connectivity index is 1.17. The summed E-state index contributed by atoms with van der Waals surface area (Å²) >= 11 is 0. The normalized spacial score (nSPS) is 19.0. The molecule has 2 heterocycles. The van der Waals surface area contributed by atoms with Crippen molar-refractivity contribution in [3.8, 4) is 0 Å². The van der Waals surface area contributed by atoms with Crippen LogP contribution in [-0.2, 0) is 11.2 Å². The van der Waals surface area contributed by atoms with Crippen molar-refractivity contribution in [2.45, 2.75) is 58.9 Å². The van der Waals surface area contributed by atoms with E-state index in [0.717, 1.165) is 65.2 Å². The Kier molecular flexibility index (Phi) is 9.82. The molecule has 5 heteroatoms. The number of rotatable bonds is 12. The Morgan fingerprint density at radius 3 is 2.36 bits per heavy atom. The van der Waals surface area contributed by atoms with E-state index in [1.54, 1.807) is 0 Å². The molecule has 196 valence electrons. The number of anilines is 1. The Labute approximate surface area is 219 Å². The maximum absolute atomic E-state index is 12.5. The Morgan fingerprint density at radius 2 is 1.67 bits per heavy atom. The number of amides is 1. The van der Waals surface area contributed by atoms with Gasteiger partial charge >= 0.3 is 0 Å². The summed E-state index contributed by atoms with van der Waals surface area (Å²) in [6, 6.07) is 18.3. The van der Waals surface area contributed by atoms with Crippen molar-refractivity contribution >= 4 is 11.6 Å². The van der Waals surface area contributed by atoms with Gasteiger partial charge in [-0.15, -0.1) is 0 Å². The SMILES string of the molecule is CCN(CC)CCN1C(=O)CCC1c1ccc(CCCCN2CCN(c3cccc(C)c3)CC2)cc1. The van der Waals surface area contributed by atoms with Crippen LogP contribution >= 0.6 is 0 Å². The molecule has 2 aromatic rings. The quantitative estimate of drug-likeness (QED) is 0.385. The molecule has 0 N–H and O–H groups in total. The molecule has 2 aromatic carbocycles. The van der Waals surface area contributed by atoms with Gasteiger partial charge in [0.1, 0.15) is 0 Å². The number of unbranched alkanes of at least 4 members (excludes halogenated alkanes) is 1. The third kappa shape index (κ3) is 7.10. The van der Waals surface area contributed by atoms with Crippen LogP contribution in [0.5, 0.6) is 0 Å². The zero-order valence-corrected chi connectivity index (χ0v) is 22.8. The first-order valence-corrected chi connectivity index (χ1v) is 14.2. The van der Waals surface area contributed by atoms with E-state index in [9.17, 15) is 4.79 Å². The van der Waals surface area contributed by atoms with Crippen molar-refractivity contribution in [2.75, 3.05) is 63.8 Å². The monoisotopic (exact) mass is 490 g/mol. The van der Waals surface area contributed by atoms with Gasteiger partial charge in [0.15, 0.2) is 0 Å². The Hall–Kier alpha value is -2.37. The molecule has 0 aromatic heterocycles. The van der Waals surface area contributed by atoms with E-state index in [1.807, 2.05) is 0 Å². The third-order valence-electron chi connectivity index (χ3n) is 8.17. The van der Waals surface area contributed by atoms with Gasteiger partial charge in [-0.25, -0.2) is 0 Å². The highest BCUT2D eigenvalue weighted by Gasteiger charge is 2.31. The van der Waals surface area contributed by atoms with E-state index < -0.39 is 0 Å². The fourth-order valence-electron chi connectivity index (χ4n) is 5.77. The van der Waals surface area contributed by atoms with E-state index in [4.69, 9.17) is 0 Å². The summed E-state index contributed by atoms with van der Waals surface area (Å²) in [5, 5.41) is 0. The van der Waals surface area contributed by atoms with Crippen molar-refractivity contribution < 1.29 is 4.79 Å². The Bertz CT molecular complexity index is 947. The fraction of sp³-hybridized carbons (Fsp3) is 0.581. The van der Waals surface area contributed by atoms with E-state index >= 15 is 0 Å². The van der Waals surface area contributed by atoms with Gasteiger partial charge < -0.3 is 14.7 Å². The lowest BCUT2D eigenvalue weighted by molar-refractivity contribution is -0.129. The first kappa shape index (κ1) is 26.7. The van der Waals surface area contributed by atoms with Gasteiger partial charge in [0.05, 0.1) is 6.04 Å². The molecule has 36 heavy (non-hydrogen) atoms. The average molecular weight is 491 g/mol. The van der Waals surface area contributed by atoms with Gasteiger partial charge in [0.25, 0.3) is 0 Å². The molecule has 2 saturated heterocycles. The van der Waals surface area contributed by atoms with Crippen LogP contribution in [0.4, 0.5) is 5.69 Å². The second kappa shape index (κ2) is 13.3. The standard InChI is InChI=1S/C31H46N4O/c1-4-32(5-2)21-24-35-30(16-17-31(35)36)28-14-12-27(13-15-28)10-6-7-18-33-19-22-34(23-20-33)29-11-8-9-26(3)25-29/h8-9,11-15,25,30H,4-7,10,16-24H2,1-3H3. The molecule has 1 amide bonds. The second-order valence-corrected chi connectivity index (χ2v) is 10.5. The highest BCUT2D eigenvalue weighted by Crippen LogP contribution is 2.32. The first-order chi connectivity index (χ1) is 17.6. The summed E-state index contributed by atoms with van der Waals surface area (Å²) < 4.78 is 0. The number of nitrogens with zero attached hydrogens (tertiary/aromatic N) is 4. The number of hydrogen-bond donors (Lipinski definition) is 0. The number of carbonyl (C=O) groups excluding carboxylic acids is 1. The lowest BCUT2D eigenvalue weighted by Crippen LogP contribution is -2.46. The molecular weight excluding hydrogens is 444 g/mol. The molecule has 2 aliphatic rings. The highest BCUT2D eigenvalue weighted by atomic mass is 16.2. The van der Waals surface area contributed by atoms with Crippen molar-refractivity contribution in [1.82, 2.24) is 14.7 Å². The summed E-state index contributed by atoms with van der Waals surface area (Å²) in [5.74, 6) is 0.316. The molecular formula is C31H46N4O. The topological polar surface area (TPSA) is 30.0 Å². The molecule has 0 spiro atoms. The zero-order chi connectivity index (χ0) is 25.3. The molecule has 5 nitrogen and oxygen atoms in total. The molecule has 1 unspecified atom stereocenters.